The molecule has 2 aliphatic carbocycles. The van der Waals surface area contributed by atoms with Gasteiger partial charge in [-0.15, -0.1) is 11.3 Å². The zero-order valence-corrected chi connectivity index (χ0v) is 17.2. The first kappa shape index (κ1) is 18.0. The zero-order valence-electron chi connectivity index (χ0n) is 16.4. The third kappa shape index (κ3) is 3.51. The molecule has 1 fully saturated rings. The Hall–Kier alpha value is -2.05. The molecule has 3 aromatic rings. The lowest BCUT2D eigenvalue weighted by Gasteiger charge is -2.35. The molecule has 2 aliphatic rings. The van der Waals surface area contributed by atoms with E-state index < -0.39 is 0 Å². The minimum absolute atomic E-state index is 0.512. The molecule has 28 heavy (non-hydrogen) atoms. The summed E-state index contributed by atoms with van der Waals surface area (Å²) in [6.07, 6.45) is 14.1. The highest BCUT2D eigenvalue weighted by Gasteiger charge is 2.26. The molecule has 3 heterocycles. The molecule has 0 amide bonds. The fourth-order valence-electron chi connectivity index (χ4n) is 4.80. The molecular formula is C22H27N5S. The van der Waals surface area contributed by atoms with Crippen LogP contribution in [-0.4, -0.2) is 39.0 Å². The first-order chi connectivity index (χ1) is 13.8. The first-order valence-corrected chi connectivity index (χ1v) is 11.2. The highest BCUT2D eigenvalue weighted by atomic mass is 32.1. The number of aromatic nitrogens is 3. The molecule has 3 aromatic heterocycles. The van der Waals surface area contributed by atoms with E-state index in [1.165, 1.54) is 66.3 Å². The second-order valence-electron chi connectivity index (χ2n) is 8.19. The van der Waals surface area contributed by atoms with Crippen LogP contribution < -0.4 is 5.32 Å². The summed E-state index contributed by atoms with van der Waals surface area (Å²) in [6, 6.07) is 5.34. The van der Waals surface area contributed by atoms with Gasteiger partial charge in [-0.1, -0.05) is 6.07 Å². The lowest BCUT2D eigenvalue weighted by molar-refractivity contribution is 0.179. The van der Waals surface area contributed by atoms with Crippen LogP contribution in [0.25, 0.3) is 10.2 Å². The maximum atomic E-state index is 4.63. The van der Waals surface area contributed by atoms with E-state index in [1.807, 2.05) is 29.8 Å². The van der Waals surface area contributed by atoms with Gasteiger partial charge in [0.1, 0.15) is 17.0 Å². The molecular weight excluding hydrogens is 366 g/mol. The van der Waals surface area contributed by atoms with E-state index >= 15 is 0 Å². The molecule has 6 heteroatoms. The van der Waals surface area contributed by atoms with Crippen molar-refractivity contribution in [2.45, 2.75) is 63.6 Å². The standard InChI is InChI=1S/C22H27N5S/c1-27(13-15-4-3-11-23-12-15)17-9-7-16(8-10-17)26-21-20-18-5-2-6-19(18)28-22(20)25-14-24-21/h3-4,11-12,14,16-17H,2,5-10,13H2,1H3,(H,24,25,26)/t16-,17-. The molecule has 0 aromatic carbocycles. The SMILES string of the molecule is CN(Cc1cccnc1)[C@H]1CC[C@H](Nc2ncnc3sc4c(c23)CCC4)CC1. The number of aryl methyl sites for hydroxylation is 2. The molecule has 0 atom stereocenters. The Balaban J connectivity index is 1.23. The number of nitrogens with one attached hydrogen (secondary N) is 1. The highest BCUT2D eigenvalue weighted by molar-refractivity contribution is 7.19. The van der Waals surface area contributed by atoms with Crippen LogP contribution in [0.5, 0.6) is 0 Å². The summed E-state index contributed by atoms with van der Waals surface area (Å²) in [5.74, 6) is 1.07. The molecule has 0 saturated heterocycles. The van der Waals surface area contributed by atoms with E-state index in [0.717, 1.165) is 17.2 Å². The van der Waals surface area contributed by atoms with Crippen LogP contribution in [0.15, 0.2) is 30.9 Å². The number of nitrogens with zero attached hydrogens (tertiary/aromatic N) is 4. The van der Waals surface area contributed by atoms with Crippen molar-refractivity contribution < 1.29 is 0 Å². The van der Waals surface area contributed by atoms with Crippen molar-refractivity contribution in [3.05, 3.63) is 46.9 Å². The Kier molecular flexibility index (Phi) is 4.99. The van der Waals surface area contributed by atoms with Gasteiger partial charge in [-0.2, -0.15) is 0 Å². The Bertz CT molecular complexity index is 946. The summed E-state index contributed by atoms with van der Waals surface area (Å²) in [6.45, 7) is 0.976. The zero-order chi connectivity index (χ0) is 18.9. The van der Waals surface area contributed by atoms with E-state index in [4.69, 9.17) is 0 Å². The van der Waals surface area contributed by atoms with E-state index in [1.54, 1.807) is 6.33 Å². The molecule has 5 rings (SSSR count). The number of hydrogen-bond donors (Lipinski definition) is 1. The van der Waals surface area contributed by atoms with Gasteiger partial charge in [0.25, 0.3) is 0 Å². The number of pyridine rings is 1. The quantitative estimate of drug-likeness (QED) is 0.695. The Labute approximate surface area is 170 Å². The van der Waals surface area contributed by atoms with Crippen LogP contribution in [0.1, 0.15) is 48.1 Å². The van der Waals surface area contributed by atoms with E-state index in [-0.39, 0.29) is 0 Å². The largest absolute Gasteiger partial charge is 0.367 e. The average Bonchev–Trinajstić information content (AvgIpc) is 3.31. The smallest absolute Gasteiger partial charge is 0.138 e. The minimum Gasteiger partial charge on any atom is -0.367 e. The number of thiophene rings is 1. The van der Waals surface area contributed by atoms with E-state index in [0.29, 0.717) is 12.1 Å². The lowest BCUT2D eigenvalue weighted by Crippen LogP contribution is -2.38. The van der Waals surface area contributed by atoms with Crippen molar-refractivity contribution in [3.8, 4) is 0 Å². The highest BCUT2D eigenvalue weighted by Crippen LogP contribution is 2.39. The Morgan fingerprint density at radius 1 is 1.18 bits per heavy atom. The summed E-state index contributed by atoms with van der Waals surface area (Å²) in [7, 11) is 2.24. The molecule has 0 aliphatic heterocycles. The molecule has 0 radical (unpaired) electrons. The number of anilines is 1. The predicted molar refractivity (Wildman–Crippen MR) is 115 cm³/mol. The summed E-state index contributed by atoms with van der Waals surface area (Å²) >= 11 is 1.86. The van der Waals surface area contributed by atoms with Gasteiger partial charge in [-0.25, -0.2) is 9.97 Å². The molecule has 1 N–H and O–H groups in total. The van der Waals surface area contributed by atoms with Gasteiger partial charge >= 0.3 is 0 Å². The summed E-state index contributed by atoms with van der Waals surface area (Å²) in [5.41, 5.74) is 2.80. The van der Waals surface area contributed by atoms with Crippen LogP contribution in [-0.2, 0) is 19.4 Å². The number of rotatable bonds is 5. The Morgan fingerprint density at radius 3 is 2.89 bits per heavy atom. The molecule has 0 unspecified atom stereocenters. The Morgan fingerprint density at radius 2 is 2.07 bits per heavy atom. The maximum absolute atomic E-state index is 4.63. The van der Waals surface area contributed by atoms with Crippen molar-refractivity contribution in [3.63, 3.8) is 0 Å². The molecule has 0 spiro atoms. The van der Waals surface area contributed by atoms with Crippen molar-refractivity contribution in [1.82, 2.24) is 19.9 Å². The first-order valence-electron chi connectivity index (χ1n) is 10.4. The van der Waals surface area contributed by atoms with Crippen LogP contribution in [0.3, 0.4) is 0 Å². The second-order valence-corrected chi connectivity index (χ2v) is 9.27. The summed E-state index contributed by atoms with van der Waals surface area (Å²) < 4.78 is 0. The summed E-state index contributed by atoms with van der Waals surface area (Å²) in [5, 5.41) is 5.08. The van der Waals surface area contributed by atoms with Crippen molar-refractivity contribution in [2.75, 3.05) is 12.4 Å². The normalized spacial score (nSPS) is 21.9. The van der Waals surface area contributed by atoms with Crippen LogP contribution in [0.2, 0.25) is 0 Å². The van der Waals surface area contributed by atoms with E-state index in [9.17, 15) is 0 Å². The van der Waals surface area contributed by atoms with Crippen molar-refractivity contribution >= 4 is 27.4 Å². The fourth-order valence-corrected chi connectivity index (χ4v) is 6.03. The monoisotopic (exact) mass is 393 g/mol. The van der Waals surface area contributed by atoms with Gasteiger partial charge in [-0.05, 0) is 69.2 Å². The van der Waals surface area contributed by atoms with Crippen molar-refractivity contribution in [1.29, 1.82) is 0 Å². The lowest BCUT2D eigenvalue weighted by atomic mass is 9.90. The van der Waals surface area contributed by atoms with Crippen LogP contribution in [0.4, 0.5) is 5.82 Å². The van der Waals surface area contributed by atoms with Gasteiger partial charge < -0.3 is 5.32 Å². The molecule has 0 bridgehead atoms. The maximum Gasteiger partial charge on any atom is 0.138 e. The molecule has 146 valence electrons. The topological polar surface area (TPSA) is 53.9 Å². The summed E-state index contributed by atoms with van der Waals surface area (Å²) in [4.78, 5) is 18.6. The van der Waals surface area contributed by atoms with Gasteiger partial charge in [0.2, 0.25) is 0 Å². The van der Waals surface area contributed by atoms with Gasteiger partial charge in [0, 0.05) is 35.9 Å². The van der Waals surface area contributed by atoms with Gasteiger partial charge in [0.15, 0.2) is 0 Å². The van der Waals surface area contributed by atoms with Gasteiger partial charge in [0.05, 0.1) is 5.39 Å². The van der Waals surface area contributed by atoms with E-state index in [2.05, 4.69) is 38.3 Å². The predicted octanol–water partition coefficient (Wildman–Crippen LogP) is 4.43. The number of hydrogen-bond acceptors (Lipinski definition) is 6. The van der Waals surface area contributed by atoms with Crippen molar-refractivity contribution in [2.24, 2.45) is 0 Å². The third-order valence-corrected chi connectivity index (χ3v) is 7.52. The minimum atomic E-state index is 0.512. The second kappa shape index (κ2) is 7.76. The van der Waals surface area contributed by atoms with Crippen LogP contribution in [0, 0.1) is 0 Å². The van der Waals surface area contributed by atoms with Crippen LogP contribution >= 0.6 is 11.3 Å². The third-order valence-electron chi connectivity index (χ3n) is 6.32. The average molecular weight is 394 g/mol. The fraction of sp³-hybridized carbons (Fsp3) is 0.500. The molecule has 1 saturated carbocycles. The number of fused-ring (bicyclic) bond motifs is 3. The molecule has 5 nitrogen and oxygen atoms in total. The van der Waals surface area contributed by atoms with Gasteiger partial charge in [-0.3, -0.25) is 9.88 Å².